The monoisotopic (exact) mass is 337 g/mol. The maximum atomic E-state index is 12.4. The van der Waals surface area contributed by atoms with Crippen molar-refractivity contribution in [3.8, 4) is 5.88 Å². The van der Waals surface area contributed by atoms with Gasteiger partial charge in [-0.05, 0) is 44.5 Å². The molecule has 0 fully saturated rings. The summed E-state index contributed by atoms with van der Waals surface area (Å²) in [4.78, 5) is 16.7. The second kappa shape index (κ2) is 7.12. The summed E-state index contributed by atoms with van der Waals surface area (Å²) < 4.78 is 5.52. The number of rotatable bonds is 5. The molecule has 0 amide bonds. The third kappa shape index (κ3) is 4.21. The lowest BCUT2D eigenvalue weighted by Gasteiger charge is -2.11. The van der Waals surface area contributed by atoms with Crippen LogP contribution in [0, 0.1) is 6.92 Å². The van der Waals surface area contributed by atoms with Gasteiger partial charge in [0, 0.05) is 18.1 Å². The lowest BCUT2D eigenvalue weighted by atomic mass is 10.0. The maximum absolute atomic E-state index is 12.4. The predicted octanol–water partition coefficient (Wildman–Crippen LogP) is 4.91. The number of pyridine rings is 1. The summed E-state index contributed by atoms with van der Waals surface area (Å²) in [7, 11) is 0. The number of Topliss-reactive ketones (excluding diaryl/α,β-unsaturated/α-hetero) is 1. The molecule has 1 aromatic heterocycles. The van der Waals surface area contributed by atoms with Crippen molar-refractivity contribution in [1.82, 2.24) is 4.98 Å². The van der Waals surface area contributed by atoms with Crippen molar-refractivity contribution in [2.75, 3.05) is 0 Å². The highest BCUT2D eigenvalue weighted by molar-refractivity contribution is 6.42. The van der Waals surface area contributed by atoms with Gasteiger partial charge in [-0.25, -0.2) is 4.98 Å². The molecular formula is C17H17Cl2NO2. The molecule has 0 N–H and O–H groups in total. The van der Waals surface area contributed by atoms with Crippen LogP contribution in [0.1, 0.15) is 35.5 Å². The van der Waals surface area contributed by atoms with Crippen LogP contribution in [0.2, 0.25) is 10.0 Å². The number of nitrogens with zero attached hydrogens (tertiary/aromatic N) is 1. The zero-order chi connectivity index (χ0) is 16.3. The van der Waals surface area contributed by atoms with Crippen molar-refractivity contribution < 1.29 is 9.53 Å². The molecule has 0 atom stereocenters. The number of halogens is 2. The van der Waals surface area contributed by atoms with Crippen LogP contribution in [-0.4, -0.2) is 16.9 Å². The van der Waals surface area contributed by atoms with Crippen LogP contribution in [0.25, 0.3) is 0 Å². The zero-order valence-electron chi connectivity index (χ0n) is 12.7. The number of aryl methyl sites for hydroxylation is 1. The molecule has 1 aromatic carbocycles. The molecule has 0 aliphatic carbocycles. The van der Waals surface area contributed by atoms with Crippen molar-refractivity contribution in [1.29, 1.82) is 0 Å². The third-order valence-corrected chi connectivity index (χ3v) is 3.80. The molecule has 0 unspecified atom stereocenters. The van der Waals surface area contributed by atoms with Gasteiger partial charge in [0.1, 0.15) is 0 Å². The van der Waals surface area contributed by atoms with E-state index in [4.69, 9.17) is 27.9 Å². The van der Waals surface area contributed by atoms with Crippen LogP contribution in [-0.2, 0) is 6.42 Å². The average Bonchev–Trinajstić information content (AvgIpc) is 2.42. The Hall–Kier alpha value is -1.58. The molecule has 0 saturated carbocycles. The number of hydrogen-bond acceptors (Lipinski definition) is 3. The Balaban J connectivity index is 2.17. The molecule has 116 valence electrons. The largest absolute Gasteiger partial charge is 0.475 e. The van der Waals surface area contributed by atoms with Crippen LogP contribution < -0.4 is 4.74 Å². The van der Waals surface area contributed by atoms with Gasteiger partial charge in [0.15, 0.2) is 5.78 Å². The first kappa shape index (κ1) is 16.8. The molecule has 0 bridgehead atoms. The molecule has 3 nitrogen and oxygen atoms in total. The Bertz CT molecular complexity index is 699. The van der Waals surface area contributed by atoms with E-state index in [9.17, 15) is 4.79 Å². The second-order valence-corrected chi connectivity index (χ2v) is 6.11. The highest BCUT2D eigenvalue weighted by Crippen LogP contribution is 2.24. The molecule has 0 saturated heterocycles. The number of hydrogen-bond donors (Lipinski definition) is 0. The van der Waals surface area contributed by atoms with Crippen molar-refractivity contribution in [3.05, 3.63) is 57.2 Å². The minimum Gasteiger partial charge on any atom is -0.475 e. The fraction of sp³-hybridized carbons (Fsp3) is 0.294. The van der Waals surface area contributed by atoms with Gasteiger partial charge in [-0.3, -0.25) is 4.79 Å². The third-order valence-electron chi connectivity index (χ3n) is 3.07. The summed E-state index contributed by atoms with van der Waals surface area (Å²) in [6.07, 6.45) is 0.300. The van der Waals surface area contributed by atoms with E-state index in [-0.39, 0.29) is 18.3 Å². The fourth-order valence-electron chi connectivity index (χ4n) is 2.07. The summed E-state index contributed by atoms with van der Waals surface area (Å²) >= 11 is 11.8. The molecule has 2 rings (SSSR count). The van der Waals surface area contributed by atoms with Gasteiger partial charge in [-0.15, -0.1) is 0 Å². The summed E-state index contributed by atoms with van der Waals surface area (Å²) in [5.41, 5.74) is 2.06. The van der Waals surface area contributed by atoms with Crippen molar-refractivity contribution >= 4 is 29.0 Å². The maximum Gasteiger partial charge on any atom is 0.213 e. The molecule has 1 heterocycles. The van der Waals surface area contributed by atoms with Gasteiger partial charge < -0.3 is 4.74 Å². The van der Waals surface area contributed by atoms with Gasteiger partial charge in [0.25, 0.3) is 0 Å². The van der Waals surface area contributed by atoms with Gasteiger partial charge in [-0.1, -0.05) is 29.3 Å². The summed E-state index contributed by atoms with van der Waals surface area (Å²) in [6.45, 7) is 5.66. The van der Waals surface area contributed by atoms with Crippen LogP contribution in [0.15, 0.2) is 30.3 Å². The first-order chi connectivity index (χ1) is 10.4. The van der Waals surface area contributed by atoms with Crippen molar-refractivity contribution in [3.63, 3.8) is 0 Å². The first-order valence-electron chi connectivity index (χ1n) is 6.98. The highest BCUT2D eigenvalue weighted by atomic mass is 35.5. The quantitative estimate of drug-likeness (QED) is 0.727. The van der Waals surface area contributed by atoms with Crippen LogP contribution in [0.3, 0.4) is 0 Å². The van der Waals surface area contributed by atoms with E-state index in [0.717, 1.165) is 5.56 Å². The fourth-order valence-corrected chi connectivity index (χ4v) is 2.39. The zero-order valence-corrected chi connectivity index (χ0v) is 14.2. The second-order valence-electron chi connectivity index (χ2n) is 5.30. The summed E-state index contributed by atoms with van der Waals surface area (Å²) in [5.74, 6) is 0.512. The van der Waals surface area contributed by atoms with Crippen molar-refractivity contribution in [2.24, 2.45) is 0 Å². The van der Waals surface area contributed by atoms with Crippen LogP contribution in [0.4, 0.5) is 0 Å². The molecule has 0 spiro atoms. The Morgan fingerprint density at radius 1 is 1.18 bits per heavy atom. The van der Waals surface area contributed by atoms with Gasteiger partial charge >= 0.3 is 0 Å². The van der Waals surface area contributed by atoms with E-state index in [0.29, 0.717) is 27.2 Å². The first-order valence-corrected chi connectivity index (χ1v) is 7.74. The van der Waals surface area contributed by atoms with E-state index in [1.54, 1.807) is 37.3 Å². The Kier molecular flexibility index (Phi) is 5.43. The topological polar surface area (TPSA) is 39.2 Å². The molecule has 5 heteroatoms. The molecular weight excluding hydrogens is 321 g/mol. The normalized spacial score (nSPS) is 10.8. The SMILES string of the molecule is Cc1nc(OC(C)C)ccc1C(=O)Cc1ccc(Cl)c(Cl)c1. The number of benzene rings is 1. The minimum atomic E-state index is -0.0144. The number of ether oxygens (including phenoxy) is 1. The Morgan fingerprint density at radius 2 is 1.91 bits per heavy atom. The highest BCUT2D eigenvalue weighted by Gasteiger charge is 2.13. The number of carbonyl (C=O) groups is 1. The smallest absolute Gasteiger partial charge is 0.213 e. The van der Waals surface area contributed by atoms with E-state index < -0.39 is 0 Å². The van der Waals surface area contributed by atoms with E-state index in [1.165, 1.54) is 0 Å². The van der Waals surface area contributed by atoms with Gasteiger partial charge in [-0.2, -0.15) is 0 Å². The molecule has 2 aromatic rings. The lowest BCUT2D eigenvalue weighted by Crippen LogP contribution is -2.10. The molecule has 0 aliphatic heterocycles. The summed E-state index contributed by atoms with van der Waals surface area (Å²) in [5, 5.41) is 0.924. The van der Waals surface area contributed by atoms with Gasteiger partial charge in [0.05, 0.1) is 21.8 Å². The minimum absolute atomic E-state index is 0.0144. The lowest BCUT2D eigenvalue weighted by molar-refractivity contribution is 0.0992. The Labute approximate surface area is 140 Å². The standard InChI is InChI=1S/C17H17Cl2NO2/c1-10(2)22-17-7-5-13(11(3)20-17)16(21)9-12-4-6-14(18)15(19)8-12/h4-8,10H,9H2,1-3H3. The summed E-state index contributed by atoms with van der Waals surface area (Å²) in [6, 6.07) is 8.66. The molecule has 0 aliphatic rings. The van der Waals surface area contributed by atoms with Crippen LogP contribution in [0.5, 0.6) is 5.88 Å². The van der Waals surface area contributed by atoms with E-state index >= 15 is 0 Å². The van der Waals surface area contributed by atoms with Crippen molar-refractivity contribution in [2.45, 2.75) is 33.3 Å². The number of ketones is 1. The van der Waals surface area contributed by atoms with Crippen LogP contribution >= 0.6 is 23.2 Å². The predicted molar refractivity (Wildman–Crippen MR) is 89.2 cm³/mol. The van der Waals surface area contributed by atoms with E-state index in [2.05, 4.69) is 4.98 Å². The Morgan fingerprint density at radius 3 is 2.50 bits per heavy atom. The number of aromatic nitrogens is 1. The van der Waals surface area contributed by atoms with Gasteiger partial charge in [0.2, 0.25) is 5.88 Å². The number of carbonyl (C=O) groups excluding carboxylic acids is 1. The van der Waals surface area contributed by atoms with E-state index in [1.807, 2.05) is 13.8 Å². The average molecular weight is 338 g/mol. The molecule has 22 heavy (non-hydrogen) atoms. The molecule has 0 radical (unpaired) electrons.